The van der Waals surface area contributed by atoms with Crippen LogP contribution in [0.15, 0.2) is 0 Å². The van der Waals surface area contributed by atoms with Crippen LogP contribution in [0.2, 0.25) is 0 Å². The fourth-order valence-corrected chi connectivity index (χ4v) is 2.32. The van der Waals surface area contributed by atoms with Crippen LogP contribution in [0.3, 0.4) is 0 Å². The van der Waals surface area contributed by atoms with Crippen molar-refractivity contribution in [1.29, 1.82) is 0 Å². The average Bonchev–Trinajstić information content (AvgIpc) is 2.19. The highest BCUT2D eigenvalue weighted by atomic mass is 16.5. The molecule has 3 heteroatoms. The van der Waals surface area contributed by atoms with Crippen LogP contribution in [-0.2, 0) is 4.74 Å². The number of hydrogen-bond acceptors (Lipinski definition) is 3. The first kappa shape index (κ1) is 12.9. The summed E-state index contributed by atoms with van der Waals surface area (Å²) in [4.78, 5) is 2.55. The lowest BCUT2D eigenvalue weighted by molar-refractivity contribution is -0.0304. The van der Waals surface area contributed by atoms with Crippen LogP contribution in [0.5, 0.6) is 0 Å². The van der Waals surface area contributed by atoms with E-state index in [1.54, 1.807) is 0 Å². The van der Waals surface area contributed by atoms with E-state index in [2.05, 4.69) is 24.1 Å². The van der Waals surface area contributed by atoms with Gasteiger partial charge in [0.2, 0.25) is 0 Å². The summed E-state index contributed by atoms with van der Waals surface area (Å²) in [6.07, 6.45) is 3.03. The molecule has 0 spiro atoms. The van der Waals surface area contributed by atoms with Gasteiger partial charge in [0, 0.05) is 26.2 Å². The second-order valence-corrected chi connectivity index (χ2v) is 4.70. The Hall–Kier alpha value is -0.120. The summed E-state index contributed by atoms with van der Waals surface area (Å²) in [6, 6.07) is 0. The van der Waals surface area contributed by atoms with Crippen molar-refractivity contribution in [1.82, 2.24) is 10.2 Å². The summed E-state index contributed by atoms with van der Waals surface area (Å²) >= 11 is 0. The number of ether oxygens (including phenoxy) is 1. The van der Waals surface area contributed by atoms with E-state index >= 15 is 0 Å². The summed E-state index contributed by atoms with van der Waals surface area (Å²) in [5.41, 5.74) is 0. The molecule has 1 saturated heterocycles. The van der Waals surface area contributed by atoms with E-state index in [0.717, 1.165) is 32.2 Å². The largest absolute Gasteiger partial charge is 0.374 e. The number of nitrogens with zero attached hydrogens (tertiary/aromatic N) is 1. The Kier molecular flexibility index (Phi) is 6.22. The lowest BCUT2D eigenvalue weighted by Crippen LogP contribution is -2.47. The highest BCUT2D eigenvalue weighted by Crippen LogP contribution is 2.11. The van der Waals surface area contributed by atoms with Crippen molar-refractivity contribution in [3.05, 3.63) is 0 Å². The summed E-state index contributed by atoms with van der Waals surface area (Å²) < 4.78 is 5.69. The Morgan fingerprint density at radius 3 is 3.00 bits per heavy atom. The molecule has 3 nitrogen and oxygen atoms in total. The molecule has 2 atom stereocenters. The second kappa shape index (κ2) is 7.20. The van der Waals surface area contributed by atoms with Gasteiger partial charge in [-0.3, -0.25) is 4.90 Å². The van der Waals surface area contributed by atoms with Crippen LogP contribution in [0, 0.1) is 5.92 Å². The van der Waals surface area contributed by atoms with Crippen molar-refractivity contribution in [2.75, 3.05) is 39.8 Å². The first-order valence-corrected chi connectivity index (χ1v) is 6.24. The minimum atomic E-state index is 0.387. The third-order valence-corrected chi connectivity index (χ3v) is 3.01. The van der Waals surface area contributed by atoms with Gasteiger partial charge < -0.3 is 10.1 Å². The van der Waals surface area contributed by atoms with Crippen molar-refractivity contribution in [3.8, 4) is 0 Å². The summed E-state index contributed by atoms with van der Waals surface area (Å²) in [6.45, 7) is 9.91. The minimum absolute atomic E-state index is 0.387. The Morgan fingerprint density at radius 1 is 1.53 bits per heavy atom. The molecule has 0 aromatic heterocycles. The van der Waals surface area contributed by atoms with E-state index in [9.17, 15) is 0 Å². The van der Waals surface area contributed by atoms with Gasteiger partial charge in [-0.05, 0) is 19.4 Å². The number of likely N-dealkylation sites (N-methyl/N-ethyl adjacent to an activating group) is 1. The van der Waals surface area contributed by atoms with Gasteiger partial charge in [-0.15, -0.1) is 0 Å². The lowest BCUT2D eigenvalue weighted by Gasteiger charge is -2.34. The molecule has 0 amide bonds. The molecule has 0 aliphatic carbocycles. The lowest BCUT2D eigenvalue weighted by atomic mass is 10.1. The van der Waals surface area contributed by atoms with E-state index in [-0.39, 0.29) is 0 Å². The Labute approximate surface area is 94.2 Å². The van der Waals surface area contributed by atoms with Crippen molar-refractivity contribution >= 4 is 0 Å². The first-order valence-electron chi connectivity index (χ1n) is 6.24. The number of morpholine rings is 1. The quantitative estimate of drug-likeness (QED) is 0.722. The maximum atomic E-state index is 5.69. The number of rotatable bonds is 6. The average molecular weight is 214 g/mol. The molecule has 0 aromatic rings. The van der Waals surface area contributed by atoms with Gasteiger partial charge in [0.15, 0.2) is 0 Å². The smallest absolute Gasteiger partial charge is 0.0826 e. The molecule has 1 fully saturated rings. The zero-order chi connectivity index (χ0) is 11.1. The summed E-state index contributed by atoms with van der Waals surface area (Å²) in [5, 5.41) is 3.18. The van der Waals surface area contributed by atoms with Gasteiger partial charge in [0.05, 0.1) is 12.7 Å². The van der Waals surface area contributed by atoms with E-state index in [1.165, 1.54) is 19.4 Å². The highest BCUT2D eigenvalue weighted by molar-refractivity contribution is 4.74. The second-order valence-electron chi connectivity index (χ2n) is 4.70. The topological polar surface area (TPSA) is 24.5 Å². The van der Waals surface area contributed by atoms with Gasteiger partial charge in [-0.1, -0.05) is 20.3 Å². The van der Waals surface area contributed by atoms with Crippen LogP contribution < -0.4 is 5.32 Å². The fraction of sp³-hybridized carbons (Fsp3) is 1.00. The van der Waals surface area contributed by atoms with Crippen LogP contribution >= 0.6 is 0 Å². The molecule has 1 rings (SSSR count). The standard InChI is InChI=1S/C12H26N2O/c1-4-5-11(2)9-14-6-7-15-12(10-14)8-13-3/h11-13H,4-10H2,1-3H3. The number of hydrogen-bond donors (Lipinski definition) is 1. The van der Waals surface area contributed by atoms with Gasteiger partial charge in [0.25, 0.3) is 0 Å². The Morgan fingerprint density at radius 2 is 2.33 bits per heavy atom. The molecule has 15 heavy (non-hydrogen) atoms. The molecule has 0 bridgehead atoms. The van der Waals surface area contributed by atoms with Crippen LogP contribution in [-0.4, -0.2) is 50.8 Å². The molecule has 0 radical (unpaired) electrons. The molecule has 2 unspecified atom stereocenters. The van der Waals surface area contributed by atoms with Gasteiger partial charge in [0.1, 0.15) is 0 Å². The molecule has 1 aliphatic heterocycles. The summed E-state index contributed by atoms with van der Waals surface area (Å²) in [7, 11) is 1.99. The minimum Gasteiger partial charge on any atom is -0.374 e. The normalized spacial score (nSPS) is 25.4. The maximum absolute atomic E-state index is 5.69. The molecule has 1 heterocycles. The Balaban J connectivity index is 2.23. The SMILES string of the molecule is CCCC(C)CN1CCOC(CNC)C1. The van der Waals surface area contributed by atoms with Crippen LogP contribution in [0.4, 0.5) is 0 Å². The molecular weight excluding hydrogens is 188 g/mol. The molecular formula is C12H26N2O. The van der Waals surface area contributed by atoms with E-state index < -0.39 is 0 Å². The monoisotopic (exact) mass is 214 g/mol. The molecule has 0 saturated carbocycles. The van der Waals surface area contributed by atoms with E-state index in [1.807, 2.05) is 7.05 Å². The highest BCUT2D eigenvalue weighted by Gasteiger charge is 2.20. The van der Waals surface area contributed by atoms with Crippen molar-refractivity contribution < 1.29 is 4.74 Å². The molecule has 1 aliphatic rings. The molecule has 0 aromatic carbocycles. The zero-order valence-electron chi connectivity index (χ0n) is 10.5. The van der Waals surface area contributed by atoms with Gasteiger partial charge in [-0.2, -0.15) is 0 Å². The number of nitrogens with one attached hydrogen (secondary N) is 1. The van der Waals surface area contributed by atoms with Gasteiger partial charge >= 0.3 is 0 Å². The van der Waals surface area contributed by atoms with Crippen molar-refractivity contribution in [2.45, 2.75) is 32.8 Å². The van der Waals surface area contributed by atoms with Crippen LogP contribution in [0.25, 0.3) is 0 Å². The fourth-order valence-electron chi connectivity index (χ4n) is 2.32. The zero-order valence-corrected chi connectivity index (χ0v) is 10.5. The van der Waals surface area contributed by atoms with Gasteiger partial charge in [-0.25, -0.2) is 0 Å². The van der Waals surface area contributed by atoms with Crippen LogP contribution in [0.1, 0.15) is 26.7 Å². The third-order valence-electron chi connectivity index (χ3n) is 3.01. The molecule has 1 N–H and O–H groups in total. The predicted octanol–water partition coefficient (Wildman–Crippen LogP) is 1.34. The van der Waals surface area contributed by atoms with E-state index in [0.29, 0.717) is 6.10 Å². The summed E-state index contributed by atoms with van der Waals surface area (Å²) in [5.74, 6) is 0.823. The van der Waals surface area contributed by atoms with Crippen molar-refractivity contribution in [2.24, 2.45) is 5.92 Å². The first-order chi connectivity index (χ1) is 7.26. The van der Waals surface area contributed by atoms with Crippen molar-refractivity contribution in [3.63, 3.8) is 0 Å². The maximum Gasteiger partial charge on any atom is 0.0826 e. The Bertz CT molecular complexity index is 160. The predicted molar refractivity (Wildman–Crippen MR) is 64.2 cm³/mol. The third kappa shape index (κ3) is 4.96. The van der Waals surface area contributed by atoms with E-state index in [4.69, 9.17) is 4.74 Å². The molecule has 90 valence electrons.